The summed E-state index contributed by atoms with van der Waals surface area (Å²) in [5, 5.41) is 20.8. The van der Waals surface area contributed by atoms with Crippen LogP contribution in [0.4, 0.5) is 0 Å². The third kappa shape index (κ3) is 4.94. The highest BCUT2D eigenvalue weighted by atomic mass is 16.5. The Morgan fingerprint density at radius 1 is 1.41 bits per heavy atom. The lowest BCUT2D eigenvalue weighted by Gasteiger charge is -2.20. The second kappa shape index (κ2) is 9.43. The summed E-state index contributed by atoms with van der Waals surface area (Å²) in [6.45, 7) is 3.77. The third-order valence-corrected chi connectivity index (χ3v) is 5.92. The van der Waals surface area contributed by atoms with Gasteiger partial charge in [0, 0.05) is 26.4 Å². The van der Waals surface area contributed by atoms with Gasteiger partial charge in [0.25, 0.3) is 5.91 Å². The Hall–Kier alpha value is -1.77. The molecule has 150 valence electrons. The number of carbonyl (C=O) groups is 1. The minimum atomic E-state index is -0.571. The van der Waals surface area contributed by atoms with E-state index in [2.05, 4.69) is 11.8 Å². The number of hydrogen-bond donors (Lipinski definition) is 2. The summed E-state index contributed by atoms with van der Waals surface area (Å²) in [6, 6.07) is 0. The van der Waals surface area contributed by atoms with E-state index in [1.807, 2.05) is 19.1 Å². The van der Waals surface area contributed by atoms with E-state index in [1.165, 1.54) is 4.90 Å². The van der Waals surface area contributed by atoms with Crippen molar-refractivity contribution in [2.75, 3.05) is 21.2 Å². The zero-order valence-electron chi connectivity index (χ0n) is 17.1. The number of aliphatic hydroxyl groups is 2. The summed E-state index contributed by atoms with van der Waals surface area (Å²) in [5.41, 5.74) is 1.05. The van der Waals surface area contributed by atoms with Crippen LogP contribution in [0.3, 0.4) is 0 Å². The minimum Gasteiger partial charge on any atom is -0.491 e. The fraction of sp³-hybridized carbons (Fsp3) is 0.682. The van der Waals surface area contributed by atoms with Gasteiger partial charge in [-0.25, -0.2) is 0 Å². The van der Waals surface area contributed by atoms with Gasteiger partial charge in [-0.05, 0) is 49.5 Å². The topological polar surface area (TPSA) is 70.0 Å². The van der Waals surface area contributed by atoms with Crippen molar-refractivity contribution >= 4 is 5.91 Å². The molecule has 0 saturated heterocycles. The van der Waals surface area contributed by atoms with Crippen LogP contribution in [0.2, 0.25) is 0 Å². The predicted molar refractivity (Wildman–Crippen MR) is 105 cm³/mol. The van der Waals surface area contributed by atoms with E-state index < -0.39 is 12.2 Å². The Labute approximate surface area is 163 Å². The maximum Gasteiger partial charge on any atom is 0.288 e. The van der Waals surface area contributed by atoms with Crippen molar-refractivity contribution in [1.29, 1.82) is 0 Å². The highest BCUT2D eigenvalue weighted by Crippen LogP contribution is 2.51. The molecule has 27 heavy (non-hydrogen) atoms. The van der Waals surface area contributed by atoms with Crippen molar-refractivity contribution in [2.45, 2.75) is 51.7 Å². The maximum atomic E-state index is 12.3. The average Bonchev–Trinajstić information content (AvgIpc) is 3.15. The van der Waals surface area contributed by atoms with Gasteiger partial charge in [0.2, 0.25) is 0 Å². The zero-order valence-corrected chi connectivity index (χ0v) is 17.1. The van der Waals surface area contributed by atoms with Crippen LogP contribution in [0.15, 0.2) is 23.5 Å². The van der Waals surface area contributed by atoms with Gasteiger partial charge in [0.15, 0.2) is 5.76 Å². The van der Waals surface area contributed by atoms with Crippen LogP contribution in [-0.4, -0.2) is 54.4 Å². The molecule has 2 fully saturated rings. The summed E-state index contributed by atoms with van der Waals surface area (Å²) < 4.78 is 5.41. The van der Waals surface area contributed by atoms with E-state index in [0.717, 1.165) is 24.8 Å². The maximum absolute atomic E-state index is 12.3. The average molecular weight is 376 g/mol. The van der Waals surface area contributed by atoms with Crippen molar-refractivity contribution in [2.24, 2.45) is 23.7 Å². The zero-order chi connectivity index (χ0) is 20.1. The molecule has 5 nitrogen and oxygen atoms in total. The first-order chi connectivity index (χ1) is 12.8. The van der Waals surface area contributed by atoms with Crippen molar-refractivity contribution < 1.29 is 19.7 Å². The minimum absolute atomic E-state index is 0.000765. The molecule has 0 unspecified atom stereocenters. The molecular formula is C22H33NO4. The quantitative estimate of drug-likeness (QED) is 0.324. The third-order valence-electron chi connectivity index (χ3n) is 5.92. The molecule has 1 amide bonds. The summed E-state index contributed by atoms with van der Waals surface area (Å²) in [6.07, 6.45) is 5.74. The second-order valence-corrected chi connectivity index (χ2v) is 8.03. The van der Waals surface area contributed by atoms with E-state index in [9.17, 15) is 15.0 Å². The largest absolute Gasteiger partial charge is 0.491 e. The molecule has 2 rings (SSSR count). The van der Waals surface area contributed by atoms with Crippen LogP contribution in [0.5, 0.6) is 0 Å². The number of amides is 1. The number of methoxy groups -OCH3 is 1. The van der Waals surface area contributed by atoms with Gasteiger partial charge in [-0.1, -0.05) is 19.1 Å². The molecule has 2 N–H and O–H groups in total. The van der Waals surface area contributed by atoms with Crippen molar-refractivity contribution in [3.05, 3.63) is 23.5 Å². The SMILES string of the molecule is CC#CC[C@@H](C)[C@H](O)C=C[C@@H]1[C@H]2CC(=C(OC)C(=O)N(C)C)C[C@H]2C[C@H]1O. The lowest BCUT2D eigenvalue weighted by Crippen LogP contribution is -2.25. The van der Waals surface area contributed by atoms with Crippen molar-refractivity contribution in [3.63, 3.8) is 0 Å². The Balaban J connectivity index is 2.11. The van der Waals surface area contributed by atoms with Crippen LogP contribution < -0.4 is 0 Å². The Kier molecular flexibility index (Phi) is 7.52. The van der Waals surface area contributed by atoms with Crippen LogP contribution in [0, 0.1) is 35.5 Å². The monoisotopic (exact) mass is 375 g/mol. The first-order valence-electron chi connectivity index (χ1n) is 9.71. The van der Waals surface area contributed by atoms with E-state index >= 15 is 0 Å². The molecule has 0 aromatic carbocycles. The van der Waals surface area contributed by atoms with Crippen molar-refractivity contribution in [3.8, 4) is 11.8 Å². The Morgan fingerprint density at radius 2 is 2.11 bits per heavy atom. The first-order valence-corrected chi connectivity index (χ1v) is 9.71. The molecule has 0 bridgehead atoms. The fourth-order valence-electron chi connectivity index (χ4n) is 4.32. The molecular weight excluding hydrogens is 342 g/mol. The smallest absolute Gasteiger partial charge is 0.288 e. The molecule has 2 saturated carbocycles. The van der Waals surface area contributed by atoms with E-state index in [0.29, 0.717) is 18.1 Å². The number of allylic oxidation sites excluding steroid dienone is 1. The summed E-state index contributed by atoms with van der Waals surface area (Å²) in [4.78, 5) is 13.9. The van der Waals surface area contributed by atoms with Crippen molar-refractivity contribution in [1.82, 2.24) is 4.90 Å². The number of hydrogen-bond acceptors (Lipinski definition) is 4. The number of fused-ring (bicyclic) bond motifs is 1. The lowest BCUT2D eigenvalue weighted by molar-refractivity contribution is -0.128. The number of ether oxygens (including phenoxy) is 1. The molecule has 0 heterocycles. The number of nitrogens with zero attached hydrogens (tertiary/aromatic N) is 1. The molecule has 0 aliphatic heterocycles. The van der Waals surface area contributed by atoms with Gasteiger partial charge in [-0.15, -0.1) is 11.8 Å². The van der Waals surface area contributed by atoms with Gasteiger partial charge in [-0.2, -0.15) is 0 Å². The lowest BCUT2D eigenvalue weighted by atomic mass is 9.89. The van der Waals surface area contributed by atoms with Crippen LogP contribution in [-0.2, 0) is 9.53 Å². The predicted octanol–water partition coefficient (Wildman–Crippen LogP) is 2.35. The molecule has 0 aromatic rings. The summed E-state index contributed by atoms with van der Waals surface area (Å²) in [5.74, 6) is 6.87. The van der Waals surface area contributed by atoms with Gasteiger partial charge >= 0.3 is 0 Å². The second-order valence-electron chi connectivity index (χ2n) is 8.03. The summed E-state index contributed by atoms with van der Waals surface area (Å²) in [7, 11) is 4.98. The standard InChI is InChI=1S/C22H33NO4/c1-6-7-8-14(2)19(24)10-9-17-18-12-16(11-15(18)13-20(17)25)21(27-5)22(26)23(3)4/h9-10,14-15,17-20,24-25H,8,11-13H2,1-5H3/t14-,15+,17-,18+,19-,20-/m1/s1. The van der Waals surface area contributed by atoms with Crippen LogP contribution in [0.25, 0.3) is 0 Å². The summed E-state index contributed by atoms with van der Waals surface area (Å²) >= 11 is 0. The number of aliphatic hydroxyl groups excluding tert-OH is 2. The molecule has 0 aromatic heterocycles. The number of rotatable bonds is 6. The normalized spacial score (nSPS) is 31.1. The highest BCUT2D eigenvalue weighted by Gasteiger charge is 2.46. The Morgan fingerprint density at radius 3 is 2.70 bits per heavy atom. The van der Waals surface area contributed by atoms with E-state index in [1.54, 1.807) is 28.1 Å². The molecule has 6 atom stereocenters. The molecule has 0 radical (unpaired) electrons. The Bertz CT molecular complexity index is 655. The van der Waals surface area contributed by atoms with Gasteiger partial charge in [0.1, 0.15) is 0 Å². The van der Waals surface area contributed by atoms with E-state index in [-0.39, 0.29) is 23.7 Å². The van der Waals surface area contributed by atoms with Gasteiger partial charge < -0.3 is 19.8 Å². The highest BCUT2D eigenvalue weighted by molar-refractivity contribution is 5.92. The molecule has 2 aliphatic rings. The fourth-order valence-corrected chi connectivity index (χ4v) is 4.32. The van der Waals surface area contributed by atoms with Crippen LogP contribution in [0.1, 0.15) is 39.5 Å². The number of likely N-dealkylation sites (N-methyl/N-ethyl adjacent to an activating group) is 1. The molecule has 5 heteroatoms. The van der Waals surface area contributed by atoms with Gasteiger partial charge in [0.05, 0.1) is 19.3 Å². The first kappa shape index (κ1) is 21.5. The molecule has 2 aliphatic carbocycles. The van der Waals surface area contributed by atoms with Gasteiger partial charge in [-0.3, -0.25) is 4.79 Å². The van der Waals surface area contributed by atoms with E-state index in [4.69, 9.17) is 4.74 Å². The molecule has 0 spiro atoms. The van der Waals surface area contributed by atoms with Crippen LogP contribution >= 0.6 is 0 Å². The number of carbonyl (C=O) groups excluding carboxylic acids is 1.